The molecule has 0 aromatic heterocycles. The lowest BCUT2D eigenvalue weighted by Crippen LogP contribution is -2.41. The zero-order valence-electron chi connectivity index (χ0n) is 10.7. The minimum absolute atomic E-state index is 0.145. The summed E-state index contributed by atoms with van der Waals surface area (Å²) in [6, 6.07) is 8.83. The quantitative estimate of drug-likeness (QED) is 0.814. The second kappa shape index (κ2) is 4.69. The highest BCUT2D eigenvalue weighted by Crippen LogP contribution is 2.36. The van der Waals surface area contributed by atoms with Gasteiger partial charge in [-0.05, 0) is 44.7 Å². The lowest BCUT2D eigenvalue weighted by atomic mass is 10.0. The number of aliphatic hydroxyl groups excluding tert-OH is 1. The molecule has 0 spiro atoms. The van der Waals surface area contributed by atoms with Crippen LogP contribution in [0.1, 0.15) is 31.2 Å². The van der Waals surface area contributed by atoms with Gasteiger partial charge in [-0.25, -0.2) is 0 Å². The Kier molecular flexibility index (Phi) is 3.04. The molecule has 96 valence electrons. The maximum absolute atomic E-state index is 9.72. The molecule has 0 radical (unpaired) electrons. The largest absolute Gasteiger partial charge is 0.393 e. The van der Waals surface area contributed by atoms with Gasteiger partial charge in [0.05, 0.1) is 23.9 Å². The third kappa shape index (κ3) is 2.25. The van der Waals surface area contributed by atoms with Crippen LogP contribution in [0.15, 0.2) is 34.6 Å². The van der Waals surface area contributed by atoms with Crippen molar-refractivity contribution in [1.29, 1.82) is 0 Å². The third-order valence-electron chi connectivity index (χ3n) is 3.97. The second-order valence-corrected chi connectivity index (χ2v) is 5.42. The van der Waals surface area contributed by atoms with Crippen LogP contribution >= 0.6 is 0 Å². The maximum Gasteiger partial charge on any atom is 0.0874 e. The molecule has 3 rings (SSSR count). The van der Waals surface area contributed by atoms with Crippen molar-refractivity contribution in [3.8, 4) is 0 Å². The molecule has 18 heavy (non-hydrogen) atoms. The summed E-state index contributed by atoms with van der Waals surface area (Å²) in [5, 5.41) is 20.5. The van der Waals surface area contributed by atoms with Crippen LogP contribution in [0.5, 0.6) is 0 Å². The molecule has 2 fully saturated rings. The van der Waals surface area contributed by atoms with Crippen LogP contribution in [0.25, 0.3) is 0 Å². The summed E-state index contributed by atoms with van der Waals surface area (Å²) < 4.78 is 0. The molecule has 2 heterocycles. The van der Waals surface area contributed by atoms with Crippen molar-refractivity contribution < 1.29 is 5.11 Å². The first-order valence-corrected chi connectivity index (χ1v) is 6.67. The Morgan fingerprint density at radius 3 is 2.33 bits per heavy atom. The molecular weight excluding hydrogens is 226 g/mol. The fraction of sp³-hybridized carbons (Fsp3) is 0.571. The molecule has 0 amide bonds. The average molecular weight is 245 g/mol. The van der Waals surface area contributed by atoms with E-state index < -0.39 is 0 Å². The third-order valence-corrected chi connectivity index (χ3v) is 3.97. The first-order valence-electron chi connectivity index (χ1n) is 6.67. The lowest BCUT2D eigenvalue weighted by molar-refractivity contribution is 0.0325. The van der Waals surface area contributed by atoms with Crippen molar-refractivity contribution >= 4 is 5.69 Å². The summed E-state index contributed by atoms with van der Waals surface area (Å²) in [6.45, 7) is 2.06. The van der Waals surface area contributed by atoms with Gasteiger partial charge in [0, 0.05) is 0 Å². The van der Waals surface area contributed by atoms with Gasteiger partial charge in [-0.2, -0.15) is 0 Å². The number of hydrogen-bond acceptors (Lipinski definition) is 3. The smallest absolute Gasteiger partial charge is 0.0874 e. The molecule has 2 aliphatic rings. The molecule has 4 heteroatoms. The Labute approximate surface area is 107 Å². The van der Waals surface area contributed by atoms with Crippen molar-refractivity contribution in [1.82, 2.24) is 5.01 Å². The summed E-state index contributed by atoms with van der Waals surface area (Å²) in [5.74, 6) is 0. The summed E-state index contributed by atoms with van der Waals surface area (Å²) in [6.07, 6.45) is 3.80. The van der Waals surface area contributed by atoms with E-state index in [1.807, 2.05) is 24.3 Å². The van der Waals surface area contributed by atoms with Gasteiger partial charge in [0.15, 0.2) is 0 Å². The minimum atomic E-state index is -0.145. The fourth-order valence-electron chi connectivity index (χ4n) is 2.98. The molecule has 1 aromatic carbocycles. The van der Waals surface area contributed by atoms with Crippen molar-refractivity contribution in [3.63, 3.8) is 0 Å². The zero-order chi connectivity index (χ0) is 12.5. The Balaban J connectivity index is 1.71. The van der Waals surface area contributed by atoms with Gasteiger partial charge in [0.25, 0.3) is 0 Å². The summed E-state index contributed by atoms with van der Waals surface area (Å²) in [5.41, 5.74) is 2.13. The molecule has 1 unspecified atom stereocenters. The van der Waals surface area contributed by atoms with Crippen molar-refractivity contribution in [2.75, 3.05) is 0 Å². The monoisotopic (exact) mass is 245 g/mol. The predicted molar refractivity (Wildman–Crippen MR) is 69.6 cm³/mol. The van der Waals surface area contributed by atoms with Crippen LogP contribution in [-0.2, 0) is 0 Å². The lowest BCUT2D eigenvalue weighted by Gasteiger charge is -2.33. The number of piperidine rings is 1. The van der Waals surface area contributed by atoms with Crippen molar-refractivity contribution in [3.05, 3.63) is 29.8 Å². The maximum atomic E-state index is 9.72. The van der Waals surface area contributed by atoms with E-state index >= 15 is 0 Å². The number of nitrogens with zero attached hydrogens (tertiary/aromatic N) is 3. The molecule has 0 aliphatic carbocycles. The fourth-order valence-corrected chi connectivity index (χ4v) is 2.98. The standard InChI is InChI=1S/C14H19N3O/c1-10-2-4-11(5-3-10)15-16-17-12-6-7-13(17)9-14(18)8-12/h2-5,12-14,18H,6-9H2,1H3/t12-,13+,14?. The highest BCUT2D eigenvalue weighted by atomic mass is 16.3. The van der Waals surface area contributed by atoms with E-state index in [0.29, 0.717) is 12.1 Å². The van der Waals surface area contributed by atoms with Crippen LogP contribution in [0.3, 0.4) is 0 Å². The SMILES string of the molecule is Cc1ccc(N=NN2[C@@H]3CC[C@H]2CC(O)C3)cc1. The van der Waals surface area contributed by atoms with E-state index in [9.17, 15) is 5.11 Å². The van der Waals surface area contributed by atoms with Gasteiger partial charge in [-0.1, -0.05) is 22.9 Å². The second-order valence-electron chi connectivity index (χ2n) is 5.42. The molecule has 1 aromatic rings. The van der Waals surface area contributed by atoms with Crippen LogP contribution < -0.4 is 0 Å². The number of benzene rings is 1. The Morgan fingerprint density at radius 1 is 1.11 bits per heavy atom. The Hall–Kier alpha value is -1.42. The van der Waals surface area contributed by atoms with Crippen molar-refractivity contribution in [2.45, 2.75) is 50.8 Å². The van der Waals surface area contributed by atoms with Crippen LogP contribution in [-0.4, -0.2) is 28.3 Å². The minimum Gasteiger partial charge on any atom is -0.393 e. The molecule has 3 atom stereocenters. The first kappa shape index (κ1) is 11.7. The average Bonchev–Trinajstić information content (AvgIpc) is 2.60. The van der Waals surface area contributed by atoms with E-state index in [1.54, 1.807) is 0 Å². The Morgan fingerprint density at radius 2 is 1.72 bits per heavy atom. The number of aliphatic hydroxyl groups is 1. The normalized spacial score (nSPS) is 31.2. The van der Waals surface area contributed by atoms with Gasteiger partial charge in [0.2, 0.25) is 0 Å². The van der Waals surface area contributed by atoms with Crippen LogP contribution in [0.2, 0.25) is 0 Å². The van der Waals surface area contributed by atoms with E-state index in [4.69, 9.17) is 0 Å². The first-order chi connectivity index (χ1) is 8.72. The van der Waals surface area contributed by atoms with Gasteiger partial charge in [0.1, 0.15) is 0 Å². The van der Waals surface area contributed by atoms with Gasteiger partial charge >= 0.3 is 0 Å². The summed E-state index contributed by atoms with van der Waals surface area (Å²) in [4.78, 5) is 0. The summed E-state index contributed by atoms with van der Waals surface area (Å²) in [7, 11) is 0. The van der Waals surface area contributed by atoms with E-state index in [1.165, 1.54) is 5.56 Å². The molecule has 2 saturated heterocycles. The zero-order valence-corrected chi connectivity index (χ0v) is 10.7. The van der Waals surface area contributed by atoms with Gasteiger partial charge < -0.3 is 5.11 Å². The van der Waals surface area contributed by atoms with E-state index in [2.05, 4.69) is 22.3 Å². The molecule has 2 aliphatic heterocycles. The molecule has 2 bridgehead atoms. The highest BCUT2D eigenvalue weighted by molar-refractivity contribution is 5.37. The van der Waals surface area contributed by atoms with Crippen LogP contribution in [0.4, 0.5) is 5.69 Å². The molecule has 4 nitrogen and oxygen atoms in total. The topological polar surface area (TPSA) is 48.2 Å². The highest BCUT2D eigenvalue weighted by Gasteiger charge is 2.40. The number of rotatable bonds is 2. The number of aryl methyl sites for hydroxylation is 1. The number of fused-ring (bicyclic) bond motifs is 2. The van der Waals surface area contributed by atoms with Crippen LogP contribution in [0, 0.1) is 6.92 Å². The van der Waals surface area contributed by atoms with E-state index in [0.717, 1.165) is 31.4 Å². The van der Waals surface area contributed by atoms with E-state index in [-0.39, 0.29) is 6.10 Å². The van der Waals surface area contributed by atoms with Gasteiger partial charge in [-0.15, -0.1) is 5.11 Å². The molecular formula is C14H19N3O. The molecule has 1 N–H and O–H groups in total. The van der Waals surface area contributed by atoms with Crippen molar-refractivity contribution in [2.24, 2.45) is 10.3 Å². The summed E-state index contributed by atoms with van der Waals surface area (Å²) >= 11 is 0. The molecule has 0 saturated carbocycles. The Bertz CT molecular complexity index is 429. The predicted octanol–water partition coefficient (Wildman–Crippen LogP) is 2.98. The van der Waals surface area contributed by atoms with Gasteiger partial charge in [-0.3, -0.25) is 5.01 Å². The number of hydrogen-bond donors (Lipinski definition) is 1.